The van der Waals surface area contributed by atoms with Gasteiger partial charge >= 0.3 is 6.18 Å². The fourth-order valence-corrected chi connectivity index (χ4v) is 5.17. The first-order valence-corrected chi connectivity index (χ1v) is 11.8. The zero-order chi connectivity index (χ0) is 24.6. The Labute approximate surface area is 190 Å². The first kappa shape index (κ1) is 24.7. The number of sulfonamides is 1. The van der Waals surface area contributed by atoms with E-state index in [9.17, 15) is 26.4 Å². The molecule has 0 unspecified atom stereocenters. The van der Waals surface area contributed by atoms with Gasteiger partial charge in [0.15, 0.2) is 0 Å². The number of aryl methyl sites for hydroxylation is 1. The predicted octanol–water partition coefficient (Wildman–Crippen LogP) is 4.34. The lowest BCUT2D eigenvalue weighted by molar-refractivity contribution is -0.147. The second kappa shape index (κ2) is 9.14. The summed E-state index contributed by atoms with van der Waals surface area (Å²) in [6, 6.07) is 8.88. The molecule has 0 spiro atoms. The molecule has 7 nitrogen and oxygen atoms in total. The van der Waals surface area contributed by atoms with E-state index in [0.717, 1.165) is 4.57 Å². The number of carbonyl (C=O) groups is 1. The molecule has 0 aliphatic carbocycles. The summed E-state index contributed by atoms with van der Waals surface area (Å²) in [5.74, 6) is -1.91. The van der Waals surface area contributed by atoms with E-state index < -0.39 is 34.5 Å². The molecule has 33 heavy (non-hydrogen) atoms. The molecule has 0 saturated heterocycles. The van der Waals surface area contributed by atoms with E-state index in [-0.39, 0.29) is 34.7 Å². The first-order valence-electron chi connectivity index (χ1n) is 10.3. The lowest BCUT2D eigenvalue weighted by atomic mass is 10.1. The highest BCUT2D eigenvalue weighted by Crippen LogP contribution is 2.32. The standard InChI is InChI=1S/C22H25F3N4O3S/c1-5-28(6-2)33(31,32)16-11-14(3)15(4)18(12-16)26-20(30)13-29-19-10-8-7-9-17(19)27-21(29)22(23,24)25/h7-12H,5-6,13H2,1-4H3,(H,26,30). The minimum absolute atomic E-state index is 0.00802. The Bertz CT molecular complexity index is 1300. The van der Waals surface area contributed by atoms with Crippen LogP contribution in [0.1, 0.15) is 30.8 Å². The molecular formula is C22H25F3N4O3S. The van der Waals surface area contributed by atoms with Crippen molar-refractivity contribution in [1.82, 2.24) is 13.9 Å². The van der Waals surface area contributed by atoms with Gasteiger partial charge in [0.2, 0.25) is 21.8 Å². The van der Waals surface area contributed by atoms with Crippen LogP contribution in [0.2, 0.25) is 0 Å². The van der Waals surface area contributed by atoms with Crippen LogP contribution in [0.25, 0.3) is 11.0 Å². The van der Waals surface area contributed by atoms with Gasteiger partial charge in [0.1, 0.15) is 6.54 Å². The third-order valence-corrected chi connectivity index (χ3v) is 7.50. The summed E-state index contributed by atoms with van der Waals surface area (Å²) in [5, 5.41) is 2.58. The van der Waals surface area contributed by atoms with Gasteiger partial charge in [-0.05, 0) is 49.2 Å². The van der Waals surface area contributed by atoms with Gasteiger partial charge in [-0.2, -0.15) is 17.5 Å². The molecule has 1 aromatic heterocycles. The molecule has 1 heterocycles. The average molecular weight is 483 g/mol. The Morgan fingerprint density at radius 1 is 1.12 bits per heavy atom. The van der Waals surface area contributed by atoms with Crippen LogP contribution in [0.4, 0.5) is 18.9 Å². The summed E-state index contributed by atoms with van der Waals surface area (Å²) in [4.78, 5) is 16.4. The van der Waals surface area contributed by atoms with Crippen LogP contribution in [-0.4, -0.2) is 41.3 Å². The molecule has 0 saturated carbocycles. The van der Waals surface area contributed by atoms with Crippen molar-refractivity contribution in [2.75, 3.05) is 18.4 Å². The number of nitrogens with one attached hydrogen (secondary N) is 1. The molecule has 0 aliphatic rings. The number of carbonyl (C=O) groups excluding carboxylic acids is 1. The Morgan fingerprint density at radius 3 is 2.36 bits per heavy atom. The molecule has 0 radical (unpaired) electrons. The van der Waals surface area contributed by atoms with Crippen LogP contribution in [0.15, 0.2) is 41.3 Å². The number of anilines is 1. The summed E-state index contributed by atoms with van der Waals surface area (Å²) in [5.41, 5.74) is 1.77. The molecule has 3 rings (SSSR count). The SMILES string of the molecule is CCN(CC)S(=O)(=O)c1cc(C)c(C)c(NC(=O)Cn2c(C(F)(F)F)nc3ccccc32)c1. The summed E-state index contributed by atoms with van der Waals surface area (Å²) in [6.07, 6.45) is -4.75. The maximum absolute atomic E-state index is 13.5. The van der Waals surface area contributed by atoms with Gasteiger partial charge in [-0.15, -0.1) is 0 Å². The van der Waals surface area contributed by atoms with E-state index in [0.29, 0.717) is 11.1 Å². The molecule has 3 aromatic rings. The van der Waals surface area contributed by atoms with Gasteiger partial charge in [0, 0.05) is 18.8 Å². The maximum Gasteiger partial charge on any atom is 0.449 e. The normalized spacial score (nSPS) is 12.5. The van der Waals surface area contributed by atoms with E-state index in [1.165, 1.54) is 28.6 Å². The van der Waals surface area contributed by atoms with Crippen LogP contribution in [0.3, 0.4) is 0 Å². The Kier molecular flexibility index (Phi) is 6.85. The van der Waals surface area contributed by atoms with Crippen molar-refractivity contribution in [2.24, 2.45) is 0 Å². The number of alkyl halides is 3. The summed E-state index contributed by atoms with van der Waals surface area (Å²) >= 11 is 0. The lowest BCUT2D eigenvalue weighted by Gasteiger charge is -2.20. The van der Waals surface area contributed by atoms with Crippen LogP contribution in [0.5, 0.6) is 0 Å². The Morgan fingerprint density at radius 2 is 1.76 bits per heavy atom. The van der Waals surface area contributed by atoms with Crippen molar-refractivity contribution in [3.05, 3.63) is 53.3 Å². The van der Waals surface area contributed by atoms with E-state index in [1.807, 2.05) is 0 Å². The van der Waals surface area contributed by atoms with Gasteiger partial charge < -0.3 is 9.88 Å². The monoisotopic (exact) mass is 482 g/mol. The third-order valence-electron chi connectivity index (χ3n) is 5.47. The number of hydrogen-bond donors (Lipinski definition) is 1. The van der Waals surface area contributed by atoms with Gasteiger partial charge in [0.25, 0.3) is 0 Å². The average Bonchev–Trinajstić information content (AvgIpc) is 3.10. The highest BCUT2D eigenvalue weighted by molar-refractivity contribution is 7.89. The van der Waals surface area contributed by atoms with E-state index in [1.54, 1.807) is 39.8 Å². The van der Waals surface area contributed by atoms with Crippen molar-refractivity contribution < 1.29 is 26.4 Å². The number of nitrogens with zero attached hydrogens (tertiary/aromatic N) is 3. The molecular weight excluding hydrogens is 457 g/mol. The zero-order valence-corrected chi connectivity index (χ0v) is 19.5. The minimum Gasteiger partial charge on any atom is -0.324 e. The molecule has 0 fully saturated rings. The predicted molar refractivity (Wildman–Crippen MR) is 119 cm³/mol. The fourth-order valence-electron chi connectivity index (χ4n) is 3.60. The molecule has 0 atom stereocenters. The molecule has 2 aromatic carbocycles. The number of halogens is 3. The van der Waals surface area contributed by atoms with Crippen molar-refractivity contribution in [2.45, 2.75) is 45.3 Å². The molecule has 0 aliphatic heterocycles. The van der Waals surface area contributed by atoms with E-state index in [2.05, 4.69) is 10.3 Å². The number of rotatable bonds is 7. The highest BCUT2D eigenvalue weighted by Gasteiger charge is 2.38. The summed E-state index contributed by atoms with van der Waals surface area (Å²) in [7, 11) is -3.79. The highest BCUT2D eigenvalue weighted by atomic mass is 32.2. The second-order valence-electron chi connectivity index (χ2n) is 7.56. The lowest BCUT2D eigenvalue weighted by Crippen LogP contribution is -2.31. The van der Waals surface area contributed by atoms with Crippen molar-refractivity contribution in [3.63, 3.8) is 0 Å². The number of amides is 1. The first-order chi connectivity index (χ1) is 15.4. The number of hydrogen-bond acceptors (Lipinski definition) is 4. The number of aromatic nitrogens is 2. The number of fused-ring (bicyclic) bond motifs is 1. The Balaban J connectivity index is 1.97. The molecule has 11 heteroatoms. The van der Waals surface area contributed by atoms with Crippen molar-refractivity contribution >= 4 is 32.7 Å². The topological polar surface area (TPSA) is 84.3 Å². The van der Waals surface area contributed by atoms with Gasteiger partial charge in [-0.1, -0.05) is 26.0 Å². The quantitative estimate of drug-likeness (QED) is 0.543. The van der Waals surface area contributed by atoms with Crippen LogP contribution in [-0.2, 0) is 27.5 Å². The number of benzene rings is 2. The second-order valence-corrected chi connectivity index (χ2v) is 9.50. The van der Waals surface area contributed by atoms with Crippen molar-refractivity contribution in [3.8, 4) is 0 Å². The minimum atomic E-state index is -4.75. The maximum atomic E-state index is 13.5. The number of para-hydroxylation sites is 2. The van der Waals surface area contributed by atoms with Crippen LogP contribution < -0.4 is 5.32 Å². The van der Waals surface area contributed by atoms with Crippen molar-refractivity contribution in [1.29, 1.82) is 0 Å². The number of imidazole rings is 1. The molecule has 1 amide bonds. The van der Waals surface area contributed by atoms with Gasteiger partial charge in [0.05, 0.1) is 15.9 Å². The molecule has 178 valence electrons. The van der Waals surface area contributed by atoms with E-state index in [4.69, 9.17) is 0 Å². The van der Waals surface area contributed by atoms with Gasteiger partial charge in [-0.3, -0.25) is 4.79 Å². The zero-order valence-electron chi connectivity index (χ0n) is 18.7. The van der Waals surface area contributed by atoms with Crippen LogP contribution in [0, 0.1) is 13.8 Å². The largest absolute Gasteiger partial charge is 0.449 e. The summed E-state index contributed by atoms with van der Waals surface area (Å²) in [6.45, 7) is 6.77. The van der Waals surface area contributed by atoms with Crippen LogP contribution >= 0.6 is 0 Å². The third kappa shape index (κ3) is 4.88. The van der Waals surface area contributed by atoms with Gasteiger partial charge in [-0.25, -0.2) is 13.4 Å². The molecule has 0 bridgehead atoms. The summed E-state index contributed by atoms with van der Waals surface area (Å²) < 4.78 is 68.5. The molecule has 1 N–H and O–H groups in total. The Hall–Kier alpha value is -2.92. The fraction of sp³-hybridized carbons (Fsp3) is 0.364. The van der Waals surface area contributed by atoms with E-state index >= 15 is 0 Å². The smallest absolute Gasteiger partial charge is 0.324 e.